The summed E-state index contributed by atoms with van der Waals surface area (Å²) in [6, 6.07) is 11.2. The highest BCUT2D eigenvalue weighted by Crippen LogP contribution is 2.13. The summed E-state index contributed by atoms with van der Waals surface area (Å²) in [5.41, 5.74) is 0.951. The molecule has 4 nitrogen and oxygen atoms in total. The van der Waals surface area contributed by atoms with Crippen molar-refractivity contribution in [3.8, 4) is 5.75 Å². The Morgan fingerprint density at radius 3 is 2.76 bits per heavy atom. The Hall–Kier alpha value is -2.49. The van der Waals surface area contributed by atoms with E-state index in [-0.39, 0.29) is 5.91 Å². The average Bonchev–Trinajstić information content (AvgIpc) is 3.03. The molecule has 0 saturated carbocycles. The lowest BCUT2D eigenvalue weighted by Gasteiger charge is -2.04. The van der Waals surface area contributed by atoms with Gasteiger partial charge in [0.15, 0.2) is 0 Å². The van der Waals surface area contributed by atoms with Crippen molar-refractivity contribution in [2.75, 3.05) is 6.61 Å². The number of rotatable bonds is 7. The van der Waals surface area contributed by atoms with Gasteiger partial charge in [-0.25, -0.2) is 0 Å². The Kier molecular flexibility index (Phi) is 5.64. The number of amides is 1. The minimum absolute atomic E-state index is 0.155. The lowest BCUT2D eigenvalue weighted by molar-refractivity contribution is -0.116. The number of nitrogens with one attached hydrogen (secondary N) is 1. The van der Waals surface area contributed by atoms with Crippen LogP contribution in [-0.2, 0) is 11.3 Å². The second kappa shape index (κ2) is 7.94. The van der Waals surface area contributed by atoms with Gasteiger partial charge in [-0.2, -0.15) is 0 Å². The van der Waals surface area contributed by atoms with Crippen LogP contribution in [0.3, 0.4) is 0 Å². The van der Waals surface area contributed by atoms with E-state index in [0.29, 0.717) is 13.2 Å². The number of hydrogen-bond donors (Lipinski definition) is 1. The average molecular weight is 285 g/mol. The van der Waals surface area contributed by atoms with Crippen molar-refractivity contribution in [1.29, 1.82) is 0 Å². The van der Waals surface area contributed by atoms with Gasteiger partial charge < -0.3 is 14.5 Å². The maximum absolute atomic E-state index is 11.7. The molecule has 1 N–H and O–H groups in total. The number of carbonyl (C=O) groups excluding carboxylic acids is 1. The van der Waals surface area contributed by atoms with Gasteiger partial charge in [0.1, 0.15) is 11.5 Å². The number of hydrogen-bond acceptors (Lipinski definition) is 3. The first-order valence-electron chi connectivity index (χ1n) is 6.99. The lowest BCUT2D eigenvalue weighted by atomic mass is 10.2. The van der Waals surface area contributed by atoms with Gasteiger partial charge in [-0.1, -0.05) is 19.1 Å². The second-order valence-corrected chi connectivity index (χ2v) is 4.55. The zero-order valence-electron chi connectivity index (χ0n) is 12.0. The van der Waals surface area contributed by atoms with E-state index in [1.165, 1.54) is 6.08 Å². The molecular formula is C17H19NO3. The summed E-state index contributed by atoms with van der Waals surface area (Å²) in [6.45, 7) is 3.17. The minimum atomic E-state index is -0.155. The van der Waals surface area contributed by atoms with Crippen LogP contribution in [0.25, 0.3) is 6.08 Å². The molecule has 0 aliphatic carbocycles. The quantitative estimate of drug-likeness (QED) is 0.793. The molecule has 110 valence electrons. The molecule has 0 atom stereocenters. The molecule has 21 heavy (non-hydrogen) atoms. The van der Waals surface area contributed by atoms with Crippen molar-refractivity contribution in [3.63, 3.8) is 0 Å². The van der Waals surface area contributed by atoms with Gasteiger partial charge in [-0.15, -0.1) is 0 Å². The Balaban J connectivity index is 1.81. The van der Waals surface area contributed by atoms with Crippen molar-refractivity contribution < 1.29 is 13.9 Å². The number of furan rings is 1. The standard InChI is InChI=1S/C17H19NO3/c1-2-11-20-15-8-5-14(6-9-15)7-10-17(19)18-13-16-4-3-12-21-16/h3-10,12H,2,11,13H2,1H3,(H,18,19)/b10-7+. The topological polar surface area (TPSA) is 51.5 Å². The maximum atomic E-state index is 11.7. The molecule has 2 aromatic rings. The van der Waals surface area contributed by atoms with Crippen molar-refractivity contribution in [3.05, 3.63) is 60.1 Å². The molecule has 2 rings (SSSR count). The van der Waals surface area contributed by atoms with E-state index in [0.717, 1.165) is 23.5 Å². The summed E-state index contributed by atoms with van der Waals surface area (Å²) in [5, 5.41) is 2.75. The van der Waals surface area contributed by atoms with Crippen LogP contribution >= 0.6 is 0 Å². The van der Waals surface area contributed by atoms with Gasteiger partial charge in [0, 0.05) is 6.08 Å². The van der Waals surface area contributed by atoms with E-state index in [1.54, 1.807) is 18.4 Å². The van der Waals surface area contributed by atoms with E-state index in [4.69, 9.17) is 9.15 Å². The minimum Gasteiger partial charge on any atom is -0.494 e. The monoisotopic (exact) mass is 285 g/mol. The fourth-order valence-corrected chi connectivity index (χ4v) is 1.71. The highest BCUT2D eigenvalue weighted by Gasteiger charge is 1.98. The van der Waals surface area contributed by atoms with Crippen molar-refractivity contribution in [2.45, 2.75) is 19.9 Å². The summed E-state index contributed by atoms with van der Waals surface area (Å²) in [5.74, 6) is 1.42. The first-order chi connectivity index (χ1) is 10.3. The molecule has 0 fully saturated rings. The van der Waals surface area contributed by atoms with Gasteiger partial charge in [0.2, 0.25) is 5.91 Å². The third-order valence-electron chi connectivity index (χ3n) is 2.80. The molecule has 4 heteroatoms. The number of ether oxygens (including phenoxy) is 1. The fraction of sp³-hybridized carbons (Fsp3) is 0.235. The lowest BCUT2D eigenvalue weighted by Crippen LogP contribution is -2.19. The molecule has 0 radical (unpaired) electrons. The first kappa shape index (κ1) is 14.9. The molecule has 1 amide bonds. The molecular weight excluding hydrogens is 266 g/mol. The van der Waals surface area contributed by atoms with Gasteiger partial charge in [-0.3, -0.25) is 4.79 Å². The summed E-state index contributed by atoms with van der Waals surface area (Å²) < 4.78 is 10.6. The molecule has 0 bridgehead atoms. The first-order valence-corrected chi connectivity index (χ1v) is 6.99. The van der Waals surface area contributed by atoms with E-state index in [9.17, 15) is 4.79 Å². The molecule has 0 aliphatic rings. The predicted octanol–water partition coefficient (Wildman–Crippen LogP) is 3.40. The fourth-order valence-electron chi connectivity index (χ4n) is 1.71. The van der Waals surface area contributed by atoms with Crippen LogP contribution in [-0.4, -0.2) is 12.5 Å². The van der Waals surface area contributed by atoms with E-state index >= 15 is 0 Å². The zero-order chi connectivity index (χ0) is 14.9. The van der Waals surface area contributed by atoms with E-state index in [2.05, 4.69) is 12.2 Å². The summed E-state index contributed by atoms with van der Waals surface area (Å²) in [6.07, 6.45) is 5.84. The van der Waals surface area contributed by atoms with Crippen LogP contribution in [0.4, 0.5) is 0 Å². The SMILES string of the molecule is CCCOc1ccc(/C=C/C(=O)NCc2ccco2)cc1. The van der Waals surface area contributed by atoms with Gasteiger partial charge in [-0.05, 0) is 42.3 Å². The number of benzene rings is 1. The van der Waals surface area contributed by atoms with Crippen molar-refractivity contribution in [2.24, 2.45) is 0 Å². The van der Waals surface area contributed by atoms with Crippen LogP contribution in [0.15, 0.2) is 53.2 Å². The third-order valence-corrected chi connectivity index (χ3v) is 2.80. The van der Waals surface area contributed by atoms with Crippen LogP contribution < -0.4 is 10.1 Å². The van der Waals surface area contributed by atoms with Crippen molar-refractivity contribution in [1.82, 2.24) is 5.32 Å². The molecule has 1 heterocycles. The Labute approximate surface area is 124 Å². The third kappa shape index (κ3) is 5.18. The smallest absolute Gasteiger partial charge is 0.244 e. The highest BCUT2D eigenvalue weighted by atomic mass is 16.5. The normalized spacial score (nSPS) is 10.7. The molecule has 1 aromatic heterocycles. The summed E-state index contributed by atoms with van der Waals surface area (Å²) in [4.78, 5) is 11.7. The summed E-state index contributed by atoms with van der Waals surface area (Å²) >= 11 is 0. The van der Waals surface area contributed by atoms with Crippen LogP contribution in [0.5, 0.6) is 5.75 Å². The van der Waals surface area contributed by atoms with Crippen molar-refractivity contribution >= 4 is 12.0 Å². The van der Waals surface area contributed by atoms with E-state index in [1.807, 2.05) is 30.3 Å². The van der Waals surface area contributed by atoms with Crippen LogP contribution in [0.2, 0.25) is 0 Å². The summed E-state index contributed by atoms with van der Waals surface area (Å²) in [7, 11) is 0. The van der Waals surface area contributed by atoms with Gasteiger partial charge >= 0.3 is 0 Å². The Bertz CT molecular complexity index is 571. The van der Waals surface area contributed by atoms with Crippen LogP contribution in [0, 0.1) is 0 Å². The molecule has 0 spiro atoms. The highest BCUT2D eigenvalue weighted by molar-refractivity contribution is 5.91. The van der Waals surface area contributed by atoms with Crippen LogP contribution in [0.1, 0.15) is 24.7 Å². The van der Waals surface area contributed by atoms with Gasteiger partial charge in [0.25, 0.3) is 0 Å². The molecule has 1 aromatic carbocycles. The van der Waals surface area contributed by atoms with E-state index < -0.39 is 0 Å². The second-order valence-electron chi connectivity index (χ2n) is 4.55. The molecule has 0 aliphatic heterocycles. The maximum Gasteiger partial charge on any atom is 0.244 e. The molecule has 0 unspecified atom stereocenters. The van der Waals surface area contributed by atoms with Gasteiger partial charge in [0.05, 0.1) is 19.4 Å². The molecule has 0 saturated heterocycles. The largest absolute Gasteiger partial charge is 0.494 e. The predicted molar refractivity (Wildman–Crippen MR) is 81.8 cm³/mol. The Morgan fingerprint density at radius 1 is 1.29 bits per heavy atom. The Morgan fingerprint density at radius 2 is 2.10 bits per heavy atom. The zero-order valence-corrected chi connectivity index (χ0v) is 12.0. The number of carbonyl (C=O) groups is 1.